The number of rotatable bonds is 10. The third-order valence-corrected chi connectivity index (χ3v) is 6.12. The molecule has 1 fully saturated rings. The molecule has 0 spiro atoms. The van der Waals surface area contributed by atoms with Crippen molar-refractivity contribution in [3.63, 3.8) is 0 Å². The van der Waals surface area contributed by atoms with Crippen LogP contribution in [0.3, 0.4) is 0 Å². The second kappa shape index (κ2) is 10.6. The minimum atomic E-state index is -0.750. The van der Waals surface area contributed by atoms with Crippen LogP contribution in [0, 0.1) is 12.8 Å². The van der Waals surface area contributed by atoms with Crippen molar-refractivity contribution in [2.45, 2.75) is 71.4 Å². The number of nitrogens with zero attached hydrogens (tertiary/aromatic N) is 6. The van der Waals surface area contributed by atoms with E-state index in [0.717, 1.165) is 43.5 Å². The molecule has 0 aliphatic heterocycles. The zero-order valence-corrected chi connectivity index (χ0v) is 19.8. The molecule has 11 heteroatoms. The van der Waals surface area contributed by atoms with Gasteiger partial charge in [-0.05, 0) is 51.2 Å². The molecule has 2 atom stereocenters. The van der Waals surface area contributed by atoms with Crippen LogP contribution < -0.4 is 10.1 Å². The highest BCUT2D eigenvalue weighted by Gasteiger charge is 2.28. The number of aliphatic carboxylic acids is 1. The molecule has 1 aliphatic carbocycles. The number of carboxylic acids is 1. The molecule has 0 unspecified atom stereocenters. The Bertz CT molecular complexity index is 1130. The van der Waals surface area contributed by atoms with Crippen molar-refractivity contribution in [2.75, 3.05) is 5.32 Å². The number of carboxylic acid groups (broad SMARTS) is 1. The molecular formula is C23H31N7O4. The number of aryl methyl sites for hydroxylation is 3. The van der Waals surface area contributed by atoms with Crippen LogP contribution in [0.15, 0.2) is 16.7 Å². The molecule has 3 aromatic heterocycles. The van der Waals surface area contributed by atoms with Crippen molar-refractivity contribution in [3.8, 4) is 17.1 Å². The number of ether oxygens (including phenoxy) is 1. The highest BCUT2D eigenvalue weighted by molar-refractivity contribution is 5.70. The van der Waals surface area contributed by atoms with Gasteiger partial charge in [-0.1, -0.05) is 23.7 Å². The zero-order valence-electron chi connectivity index (χ0n) is 19.8. The Morgan fingerprint density at radius 3 is 2.94 bits per heavy atom. The lowest BCUT2D eigenvalue weighted by Gasteiger charge is -2.27. The van der Waals surface area contributed by atoms with Crippen LogP contribution in [0.5, 0.6) is 5.75 Å². The fourth-order valence-electron chi connectivity index (χ4n) is 4.16. The minimum absolute atomic E-state index is 0.117. The Morgan fingerprint density at radius 1 is 1.32 bits per heavy atom. The molecule has 1 aliphatic rings. The third-order valence-electron chi connectivity index (χ3n) is 6.12. The van der Waals surface area contributed by atoms with Crippen LogP contribution in [0.25, 0.3) is 11.4 Å². The summed E-state index contributed by atoms with van der Waals surface area (Å²) >= 11 is 0. The molecule has 0 bridgehead atoms. The summed E-state index contributed by atoms with van der Waals surface area (Å²) in [5.41, 5.74) is 2.87. The first-order chi connectivity index (χ1) is 16.4. The van der Waals surface area contributed by atoms with Crippen LogP contribution >= 0.6 is 0 Å². The normalized spacial score (nSPS) is 18.1. The average molecular weight is 470 g/mol. The van der Waals surface area contributed by atoms with Crippen LogP contribution in [0.2, 0.25) is 0 Å². The van der Waals surface area contributed by atoms with Gasteiger partial charge in [0.15, 0.2) is 5.82 Å². The Morgan fingerprint density at radius 2 is 2.18 bits per heavy atom. The van der Waals surface area contributed by atoms with Gasteiger partial charge in [0.1, 0.15) is 11.4 Å². The maximum atomic E-state index is 11.3. The van der Waals surface area contributed by atoms with Crippen LogP contribution in [-0.4, -0.2) is 47.3 Å². The second-order valence-electron chi connectivity index (χ2n) is 8.70. The second-order valence-corrected chi connectivity index (χ2v) is 8.70. The molecule has 3 heterocycles. The molecular weight excluding hydrogens is 438 g/mol. The van der Waals surface area contributed by atoms with Gasteiger partial charge in [-0.15, -0.1) is 5.10 Å². The molecule has 0 amide bonds. The first kappa shape index (κ1) is 23.7. The lowest BCUT2D eigenvalue weighted by Crippen LogP contribution is -2.29. The topological polar surface area (TPSA) is 141 Å². The van der Waals surface area contributed by atoms with Gasteiger partial charge in [0.05, 0.1) is 35.6 Å². The van der Waals surface area contributed by atoms with Gasteiger partial charge < -0.3 is 19.7 Å². The number of hydrogen-bond acceptors (Lipinski definition) is 9. The van der Waals surface area contributed by atoms with E-state index in [4.69, 9.17) is 14.2 Å². The SMILES string of the molecule is CCCCc1noc(NCc2c(-c3ccc(O[C@H]4CCC[C@H](C(=O)O)C4)c(C)n3)nnn2C)n1. The quantitative estimate of drug-likeness (QED) is 0.453. The molecule has 34 heavy (non-hydrogen) atoms. The van der Waals surface area contributed by atoms with Gasteiger partial charge in [0.2, 0.25) is 0 Å². The van der Waals surface area contributed by atoms with E-state index < -0.39 is 5.97 Å². The van der Waals surface area contributed by atoms with E-state index >= 15 is 0 Å². The van der Waals surface area contributed by atoms with Gasteiger partial charge >= 0.3 is 12.0 Å². The number of pyridine rings is 1. The van der Waals surface area contributed by atoms with Crippen LogP contribution in [0.1, 0.15) is 62.7 Å². The van der Waals surface area contributed by atoms with Gasteiger partial charge in [-0.25, -0.2) is 9.67 Å². The molecule has 0 radical (unpaired) electrons. The van der Waals surface area contributed by atoms with E-state index in [1.807, 2.05) is 26.1 Å². The number of unbranched alkanes of at least 4 members (excludes halogenated alkanes) is 1. The fourth-order valence-corrected chi connectivity index (χ4v) is 4.16. The fraction of sp³-hybridized carbons (Fsp3) is 0.565. The summed E-state index contributed by atoms with van der Waals surface area (Å²) in [5.74, 6) is 0.254. The lowest BCUT2D eigenvalue weighted by molar-refractivity contribution is -0.143. The van der Waals surface area contributed by atoms with Crippen molar-refractivity contribution in [1.29, 1.82) is 0 Å². The van der Waals surface area contributed by atoms with E-state index in [1.165, 1.54) is 0 Å². The largest absolute Gasteiger partial charge is 0.489 e. The third kappa shape index (κ3) is 5.52. The summed E-state index contributed by atoms with van der Waals surface area (Å²) in [7, 11) is 1.82. The highest BCUT2D eigenvalue weighted by atomic mass is 16.5. The monoisotopic (exact) mass is 469 g/mol. The molecule has 182 valence electrons. The van der Waals surface area contributed by atoms with Gasteiger partial charge in [0, 0.05) is 13.5 Å². The summed E-state index contributed by atoms with van der Waals surface area (Å²) in [4.78, 5) is 20.4. The number of hydrogen-bond donors (Lipinski definition) is 2. The predicted octanol–water partition coefficient (Wildman–Crippen LogP) is 3.55. The maximum Gasteiger partial charge on any atom is 0.321 e. The number of anilines is 1. The molecule has 2 N–H and O–H groups in total. The highest BCUT2D eigenvalue weighted by Crippen LogP contribution is 2.30. The lowest BCUT2D eigenvalue weighted by atomic mass is 9.87. The van der Waals surface area contributed by atoms with E-state index in [0.29, 0.717) is 48.4 Å². The minimum Gasteiger partial charge on any atom is -0.489 e. The maximum absolute atomic E-state index is 11.3. The predicted molar refractivity (Wildman–Crippen MR) is 123 cm³/mol. The van der Waals surface area contributed by atoms with E-state index in [9.17, 15) is 9.90 Å². The van der Waals surface area contributed by atoms with Gasteiger partial charge in [-0.2, -0.15) is 4.98 Å². The summed E-state index contributed by atoms with van der Waals surface area (Å²) in [6.07, 6.45) is 5.68. The Hall–Kier alpha value is -3.50. The van der Waals surface area contributed by atoms with Gasteiger partial charge in [0.25, 0.3) is 0 Å². The Balaban J connectivity index is 1.44. The molecule has 11 nitrogen and oxygen atoms in total. The van der Waals surface area contributed by atoms with Crippen LogP contribution in [0.4, 0.5) is 6.01 Å². The van der Waals surface area contributed by atoms with Crippen molar-refractivity contribution in [3.05, 3.63) is 29.3 Å². The number of nitrogens with one attached hydrogen (secondary N) is 1. The molecule has 0 saturated heterocycles. The summed E-state index contributed by atoms with van der Waals surface area (Å²) in [5, 5.41) is 24.9. The van der Waals surface area contributed by atoms with Crippen molar-refractivity contribution < 1.29 is 19.2 Å². The van der Waals surface area contributed by atoms with Crippen molar-refractivity contribution in [2.24, 2.45) is 13.0 Å². The Kier molecular flexibility index (Phi) is 7.39. The van der Waals surface area contributed by atoms with Gasteiger partial charge in [-0.3, -0.25) is 4.79 Å². The molecule has 3 aromatic rings. The molecule has 0 aromatic carbocycles. The molecule has 1 saturated carbocycles. The standard InChI is InChI=1S/C23H31N7O4/c1-4-5-9-20-26-23(34-28-20)24-13-18-21(27-29-30(18)3)17-10-11-19(14(2)25-17)33-16-8-6-7-15(12-16)22(31)32/h10-11,15-16H,4-9,12-13H2,1-3H3,(H,31,32)(H,24,26,28)/t15-,16-/m0/s1. The zero-order chi connectivity index (χ0) is 24.1. The summed E-state index contributed by atoms with van der Waals surface area (Å²) in [6, 6.07) is 4.08. The summed E-state index contributed by atoms with van der Waals surface area (Å²) < 4.78 is 13.1. The van der Waals surface area contributed by atoms with Crippen molar-refractivity contribution >= 4 is 12.0 Å². The number of aromatic nitrogens is 6. The average Bonchev–Trinajstić information content (AvgIpc) is 3.44. The van der Waals surface area contributed by atoms with E-state index in [-0.39, 0.29) is 12.0 Å². The first-order valence-corrected chi connectivity index (χ1v) is 11.8. The van der Waals surface area contributed by atoms with E-state index in [2.05, 4.69) is 32.7 Å². The first-order valence-electron chi connectivity index (χ1n) is 11.8. The number of carbonyl (C=O) groups is 1. The Labute approximate surface area is 197 Å². The smallest absolute Gasteiger partial charge is 0.321 e. The van der Waals surface area contributed by atoms with Crippen molar-refractivity contribution in [1.82, 2.24) is 30.1 Å². The molecule has 4 rings (SSSR count). The van der Waals surface area contributed by atoms with Crippen LogP contribution in [-0.2, 0) is 24.8 Å². The van der Waals surface area contributed by atoms with E-state index in [1.54, 1.807) is 4.68 Å². The summed E-state index contributed by atoms with van der Waals surface area (Å²) in [6.45, 7) is 4.39.